The number of aromatic amines is 1. The van der Waals surface area contributed by atoms with Crippen LogP contribution in [0.25, 0.3) is 11.3 Å². The van der Waals surface area contributed by atoms with Crippen molar-refractivity contribution in [2.24, 2.45) is 4.99 Å². The summed E-state index contributed by atoms with van der Waals surface area (Å²) in [4.78, 5) is 29.7. The van der Waals surface area contributed by atoms with E-state index in [4.69, 9.17) is 9.47 Å². The Bertz CT molecular complexity index is 1040. The van der Waals surface area contributed by atoms with Crippen molar-refractivity contribution in [3.8, 4) is 11.3 Å². The van der Waals surface area contributed by atoms with E-state index in [1.54, 1.807) is 25.3 Å². The molecule has 2 rings (SSSR count). The zero-order valence-corrected chi connectivity index (χ0v) is 19.9. The van der Waals surface area contributed by atoms with E-state index >= 15 is 0 Å². The molecule has 0 aliphatic heterocycles. The fourth-order valence-corrected chi connectivity index (χ4v) is 2.99. The molecule has 0 fully saturated rings. The van der Waals surface area contributed by atoms with E-state index in [2.05, 4.69) is 20.5 Å². The highest BCUT2D eigenvalue weighted by Gasteiger charge is 2.26. The maximum absolute atomic E-state index is 13.8. The van der Waals surface area contributed by atoms with Crippen molar-refractivity contribution in [1.82, 2.24) is 15.5 Å². The minimum atomic E-state index is -0.748. The Kier molecular flexibility index (Phi) is 9.04. The lowest BCUT2D eigenvalue weighted by molar-refractivity contribution is -0.120. The molecule has 1 aromatic carbocycles. The van der Waals surface area contributed by atoms with Gasteiger partial charge in [0, 0.05) is 37.5 Å². The van der Waals surface area contributed by atoms with Crippen LogP contribution in [0.2, 0.25) is 0 Å². The van der Waals surface area contributed by atoms with Crippen molar-refractivity contribution in [3.05, 3.63) is 53.3 Å². The molecule has 0 unspecified atom stereocenters. The van der Waals surface area contributed by atoms with Gasteiger partial charge in [0.15, 0.2) is 17.2 Å². The summed E-state index contributed by atoms with van der Waals surface area (Å²) in [6.45, 7) is 9.29. The van der Waals surface area contributed by atoms with Crippen LogP contribution in [0.1, 0.15) is 46.6 Å². The molecule has 0 aliphatic rings. The molecule has 2 aromatic rings. The van der Waals surface area contributed by atoms with Crippen molar-refractivity contribution in [2.45, 2.75) is 53.2 Å². The number of hydrogen-bond acceptors (Lipinski definition) is 6. The van der Waals surface area contributed by atoms with E-state index in [0.29, 0.717) is 29.1 Å². The highest BCUT2D eigenvalue weighted by molar-refractivity contribution is 6.05. The molecule has 1 heterocycles. The number of allylic oxidation sites excluding steroid dienone is 1. The van der Waals surface area contributed by atoms with Crippen LogP contribution in [0, 0.1) is 5.82 Å². The standard InChI is InChI=1S/C24H31FN4O4/c1-7-12-33-24(4,5)16(3)28-21(22(32-6)15(2)30)23(31)26-14-17-8-9-18(25)13-19(17)20-10-11-27-29-20/h8-11,13H,7,12,14H2,1-6H3,(H,26,31)(H,27,29)/b22-21+,28-16?. The summed E-state index contributed by atoms with van der Waals surface area (Å²) in [7, 11) is 1.31. The number of carbonyl (C=O) groups is 2. The molecule has 8 nitrogen and oxygen atoms in total. The fraction of sp³-hybridized carbons (Fsp3) is 0.417. The van der Waals surface area contributed by atoms with E-state index in [9.17, 15) is 14.0 Å². The van der Waals surface area contributed by atoms with Crippen LogP contribution in [-0.4, -0.2) is 46.9 Å². The Labute approximate surface area is 193 Å². The van der Waals surface area contributed by atoms with E-state index in [1.165, 1.54) is 26.2 Å². The molecule has 178 valence electrons. The number of hydrogen-bond donors (Lipinski definition) is 2. The zero-order valence-electron chi connectivity index (χ0n) is 19.9. The summed E-state index contributed by atoms with van der Waals surface area (Å²) >= 11 is 0. The van der Waals surface area contributed by atoms with Crippen LogP contribution in [-0.2, 0) is 25.6 Å². The predicted molar refractivity (Wildman–Crippen MR) is 124 cm³/mol. The monoisotopic (exact) mass is 458 g/mol. The second-order valence-corrected chi connectivity index (χ2v) is 7.95. The van der Waals surface area contributed by atoms with Gasteiger partial charge < -0.3 is 14.8 Å². The molecule has 0 radical (unpaired) electrons. The summed E-state index contributed by atoms with van der Waals surface area (Å²) in [5, 5.41) is 9.45. The smallest absolute Gasteiger partial charge is 0.274 e. The Morgan fingerprint density at radius 1 is 1.24 bits per heavy atom. The molecule has 0 atom stereocenters. The Morgan fingerprint density at radius 3 is 2.55 bits per heavy atom. The van der Waals surface area contributed by atoms with Gasteiger partial charge >= 0.3 is 0 Å². The number of benzene rings is 1. The predicted octanol–water partition coefficient (Wildman–Crippen LogP) is 3.95. The Hall–Kier alpha value is -3.33. The third-order valence-corrected chi connectivity index (χ3v) is 5.07. The molecule has 0 saturated heterocycles. The fourth-order valence-electron chi connectivity index (χ4n) is 2.99. The van der Waals surface area contributed by atoms with Gasteiger partial charge in [-0.05, 0) is 51.0 Å². The summed E-state index contributed by atoms with van der Waals surface area (Å²) < 4.78 is 24.9. The number of aliphatic imine (C=N–C) groups is 1. The number of halogens is 1. The number of ketones is 1. The van der Waals surface area contributed by atoms with Gasteiger partial charge in [0.05, 0.1) is 12.8 Å². The second kappa shape index (κ2) is 11.5. The highest BCUT2D eigenvalue weighted by Crippen LogP contribution is 2.23. The van der Waals surface area contributed by atoms with Gasteiger partial charge in [0.2, 0.25) is 0 Å². The molecule has 1 aromatic heterocycles. The third-order valence-electron chi connectivity index (χ3n) is 5.07. The Balaban J connectivity index is 2.37. The van der Waals surface area contributed by atoms with Gasteiger partial charge in [-0.3, -0.25) is 14.7 Å². The van der Waals surface area contributed by atoms with Crippen molar-refractivity contribution >= 4 is 17.4 Å². The average Bonchev–Trinajstić information content (AvgIpc) is 3.30. The number of rotatable bonds is 11. The largest absolute Gasteiger partial charge is 0.491 e. The lowest BCUT2D eigenvalue weighted by atomic mass is 10.0. The van der Waals surface area contributed by atoms with E-state index < -0.39 is 23.1 Å². The molecule has 2 N–H and O–H groups in total. The molecule has 0 spiro atoms. The van der Waals surface area contributed by atoms with Crippen molar-refractivity contribution in [2.75, 3.05) is 13.7 Å². The third kappa shape index (κ3) is 6.82. The van der Waals surface area contributed by atoms with Gasteiger partial charge in [0.1, 0.15) is 11.4 Å². The average molecular weight is 459 g/mol. The molecule has 9 heteroatoms. The normalized spacial score (nSPS) is 12.9. The summed E-state index contributed by atoms with van der Waals surface area (Å²) in [5.41, 5.74) is 1.44. The van der Waals surface area contributed by atoms with Crippen LogP contribution < -0.4 is 5.32 Å². The maximum atomic E-state index is 13.8. The van der Waals surface area contributed by atoms with Crippen LogP contribution in [0.15, 0.2) is 46.9 Å². The van der Waals surface area contributed by atoms with Crippen molar-refractivity contribution < 1.29 is 23.5 Å². The quantitative estimate of drug-likeness (QED) is 0.301. The van der Waals surface area contributed by atoms with Crippen molar-refractivity contribution in [1.29, 1.82) is 0 Å². The van der Waals surface area contributed by atoms with Crippen LogP contribution >= 0.6 is 0 Å². The number of H-pyrrole nitrogens is 1. The molecular weight excluding hydrogens is 427 g/mol. The molecule has 33 heavy (non-hydrogen) atoms. The number of aromatic nitrogens is 2. The molecule has 0 aliphatic carbocycles. The number of nitrogens with zero attached hydrogens (tertiary/aromatic N) is 2. The highest BCUT2D eigenvalue weighted by atomic mass is 19.1. The number of methoxy groups -OCH3 is 1. The number of nitrogens with one attached hydrogen (secondary N) is 2. The second-order valence-electron chi connectivity index (χ2n) is 7.95. The number of Topliss-reactive ketones (excluding diaryl/α,β-unsaturated/α-hetero) is 1. The number of carbonyl (C=O) groups excluding carboxylic acids is 2. The molecular formula is C24H31FN4O4. The summed E-state index contributed by atoms with van der Waals surface area (Å²) in [5.74, 6) is -1.62. The van der Waals surface area contributed by atoms with Crippen molar-refractivity contribution in [3.63, 3.8) is 0 Å². The van der Waals surface area contributed by atoms with E-state index in [0.717, 1.165) is 6.42 Å². The lowest BCUT2D eigenvalue weighted by Crippen LogP contribution is -2.35. The topological polar surface area (TPSA) is 106 Å². The molecule has 1 amide bonds. The van der Waals surface area contributed by atoms with Gasteiger partial charge in [-0.25, -0.2) is 9.38 Å². The van der Waals surface area contributed by atoms with Crippen LogP contribution in [0.4, 0.5) is 4.39 Å². The zero-order chi connectivity index (χ0) is 24.6. The Morgan fingerprint density at radius 2 is 1.97 bits per heavy atom. The first-order chi connectivity index (χ1) is 15.6. The van der Waals surface area contributed by atoms with Gasteiger partial charge in [-0.1, -0.05) is 13.0 Å². The van der Waals surface area contributed by atoms with Gasteiger partial charge in [-0.2, -0.15) is 5.10 Å². The van der Waals surface area contributed by atoms with Crippen LogP contribution in [0.3, 0.4) is 0 Å². The molecule has 0 saturated carbocycles. The molecule has 0 bridgehead atoms. The number of amides is 1. The van der Waals surface area contributed by atoms with E-state index in [-0.39, 0.29) is 18.0 Å². The van der Waals surface area contributed by atoms with Gasteiger partial charge in [-0.15, -0.1) is 0 Å². The lowest BCUT2D eigenvalue weighted by Gasteiger charge is -2.25. The number of ether oxygens (including phenoxy) is 2. The van der Waals surface area contributed by atoms with Gasteiger partial charge in [0.25, 0.3) is 5.91 Å². The first kappa shape index (κ1) is 25.9. The first-order valence-corrected chi connectivity index (χ1v) is 10.7. The summed E-state index contributed by atoms with van der Waals surface area (Å²) in [6, 6.07) is 5.95. The minimum absolute atomic E-state index is 0.0656. The minimum Gasteiger partial charge on any atom is -0.491 e. The van der Waals surface area contributed by atoms with E-state index in [1.807, 2.05) is 20.8 Å². The van der Waals surface area contributed by atoms with Crippen LogP contribution in [0.5, 0.6) is 0 Å². The maximum Gasteiger partial charge on any atom is 0.274 e. The SMILES string of the molecule is CCCOC(C)(C)C(C)=N/C(C(=O)NCc1ccc(F)cc1-c1ccn[nH]1)=C(/OC)C(C)=O. The summed E-state index contributed by atoms with van der Waals surface area (Å²) in [6.07, 6.45) is 2.38. The first-order valence-electron chi connectivity index (χ1n) is 10.7.